The third-order valence-electron chi connectivity index (χ3n) is 2.65. The van der Waals surface area contributed by atoms with Crippen molar-refractivity contribution in [1.82, 2.24) is 15.1 Å². The van der Waals surface area contributed by atoms with Gasteiger partial charge in [-0.1, -0.05) is 18.2 Å². The van der Waals surface area contributed by atoms with Crippen LogP contribution in [-0.4, -0.2) is 33.3 Å². The van der Waals surface area contributed by atoms with Crippen LogP contribution >= 0.6 is 0 Å². The molecule has 0 aliphatic rings. The molecule has 0 aliphatic heterocycles. The van der Waals surface area contributed by atoms with Crippen LogP contribution in [0.25, 0.3) is 5.69 Å². The molecule has 98 valence electrons. The van der Waals surface area contributed by atoms with Crippen molar-refractivity contribution in [3.8, 4) is 5.69 Å². The lowest BCUT2D eigenvalue weighted by molar-refractivity contribution is -0.140. The first-order valence-electron chi connectivity index (χ1n) is 5.73. The maximum absolute atomic E-state index is 10.9. The van der Waals surface area contributed by atoms with Crippen molar-refractivity contribution in [3.63, 3.8) is 0 Å². The topological polar surface area (TPSA) is 84.2 Å². The van der Waals surface area contributed by atoms with Crippen LogP contribution in [0.1, 0.15) is 5.69 Å². The number of carboxylic acids is 1. The van der Waals surface area contributed by atoms with Gasteiger partial charge >= 0.3 is 5.97 Å². The number of amides is 1. The second-order valence-electron chi connectivity index (χ2n) is 3.97. The van der Waals surface area contributed by atoms with E-state index in [0.29, 0.717) is 12.1 Å². The van der Waals surface area contributed by atoms with Crippen LogP contribution in [0.2, 0.25) is 0 Å². The molecule has 2 aromatic rings. The molecule has 0 bridgehead atoms. The average Bonchev–Trinajstić information content (AvgIpc) is 2.88. The Hall–Kier alpha value is -2.63. The van der Waals surface area contributed by atoms with Crippen molar-refractivity contribution < 1.29 is 14.7 Å². The molecule has 0 radical (unpaired) electrons. The summed E-state index contributed by atoms with van der Waals surface area (Å²) in [7, 11) is 0. The largest absolute Gasteiger partial charge is 0.480 e. The van der Waals surface area contributed by atoms with E-state index < -0.39 is 12.0 Å². The number of carboxylic acid groups (broad SMARTS) is 1. The van der Waals surface area contributed by atoms with E-state index in [9.17, 15) is 9.59 Å². The lowest BCUT2D eigenvalue weighted by Crippen LogP contribution is -2.37. The van der Waals surface area contributed by atoms with Crippen LogP contribution in [0, 0.1) is 0 Å². The first kappa shape index (κ1) is 12.8. The van der Waals surface area contributed by atoms with E-state index in [1.54, 1.807) is 16.9 Å². The third kappa shape index (κ3) is 3.19. The molecule has 1 unspecified atom stereocenters. The Labute approximate surface area is 109 Å². The Morgan fingerprint density at radius 1 is 1.37 bits per heavy atom. The molecule has 2 rings (SSSR count). The van der Waals surface area contributed by atoms with E-state index in [1.165, 1.54) is 0 Å². The van der Waals surface area contributed by atoms with Gasteiger partial charge in [-0.05, 0) is 18.2 Å². The van der Waals surface area contributed by atoms with Gasteiger partial charge in [-0.2, -0.15) is 5.10 Å². The summed E-state index contributed by atoms with van der Waals surface area (Å²) in [5.41, 5.74) is 1.49. The molecule has 0 spiro atoms. The number of hydrogen-bond donors (Lipinski definition) is 2. The van der Waals surface area contributed by atoms with Crippen molar-refractivity contribution in [2.45, 2.75) is 12.5 Å². The molecule has 19 heavy (non-hydrogen) atoms. The predicted molar refractivity (Wildman–Crippen MR) is 67.9 cm³/mol. The second kappa shape index (κ2) is 5.81. The molecule has 1 aromatic carbocycles. The molecular formula is C13H13N3O3. The van der Waals surface area contributed by atoms with E-state index in [-0.39, 0.29) is 6.42 Å². The summed E-state index contributed by atoms with van der Waals surface area (Å²) < 4.78 is 1.66. The molecule has 6 nitrogen and oxygen atoms in total. The highest BCUT2D eigenvalue weighted by molar-refractivity contribution is 5.76. The summed E-state index contributed by atoms with van der Waals surface area (Å²) in [4.78, 5) is 21.3. The number of carbonyl (C=O) groups excluding carboxylic acids is 1. The van der Waals surface area contributed by atoms with Crippen molar-refractivity contribution in [2.24, 2.45) is 0 Å². The van der Waals surface area contributed by atoms with Gasteiger partial charge in [0.1, 0.15) is 6.04 Å². The molecular weight excluding hydrogens is 246 g/mol. The second-order valence-corrected chi connectivity index (χ2v) is 3.97. The average molecular weight is 259 g/mol. The zero-order chi connectivity index (χ0) is 13.7. The smallest absolute Gasteiger partial charge is 0.326 e. The van der Waals surface area contributed by atoms with Crippen molar-refractivity contribution in [1.29, 1.82) is 0 Å². The fraction of sp³-hybridized carbons (Fsp3) is 0.154. The summed E-state index contributed by atoms with van der Waals surface area (Å²) in [5, 5.41) is 15.5. The first-order chi connectivity index (χ1) is 9.20. The van der Waals surface area contributed by atoms with Crippen molar-refractivity contribution in [3.05, 3.63) is 48.3 Å². The monoisotopic (exact) mass is 259 g/mol. The maximum Gasteiger partial charge on any atom is 0.326 e. The Bertz CT molecular complexity index is 566. The highest BCUT2D eigenvalue weighted by Crippen LogP contribution is 2.08. The summed E-state index contributed by atoms with van der Waals surface area (Å²) in [6.45, 7) is 0. The number of rotatable bonds is 6. The number of aromatic nitrogens is 2. The molecule has 0 aliphatic carbocycles. The van der Waals surface area contributed by atoms with E-state index in [4.69, 9.17) is 5.11 Å². The Morgan fingerprint density at radius 2 is 2.11 bits per heavy atom. The van der Waals surface area contributed by atoms with E-state index >= 15 is 0 Å². The Kier molecular flexibility index (Phi) is 3.92. The van der Waals surface area contributed by atoms with Crippen molar-refractivity contribution in [2.75, 3.05) is 0 Å². The molecule has 1 amide bonds. The highest BCUT2D eigenvalue weighted by Gasteiger charge is 2.18. The minimum absolute atomic E-state index is 0.147. The van der Waals surface area contributed by atoms with Crippen molar-refractivity contribution >= 4 is 12.4 Å². The van der Waals surface area contributed by atoms with Gasteiger partial charge in [-0.25, -0.2) is 9.48 Å². The van der Waals surface area contributed by atoms with Gasteiger partial charge in [0, 0.05) is 12.6 Å². The van der Waals surface area contributed by atoms with Gasteiger partial charge in [0.05, 0.1) is 11.4 Å². The van der Waals surface area contributed by atoms with Crippen LogP contribution in [0.15, 0.2) is 42.6 Å². The van der Waals surface area contributed by atoms with Gasteiger partial charge in [-0.15, -0.1) is 0 Å². The summed E-state index contributed by atoms with van der Waals surface area (Å²) in [5.74, 6) is -1.08. The lowest BCUT2D eigenvalue weighted by atomic mass is 10.1. The number of para-hydroxylation sites is 1. The summed E-state index contributed by atoms with van der Waals surface area (Å²) >= 11 is 0. The predicted octanol–water partition coefficient (Wildman–Crippen LogP) is 0.614. The number of benzene rings is 1. The quantitative estimate of drug-likeness (QED) is 0.745. The van der Waals surface area contributed by atoms with Gasteiger partial charge < -0.3 is 10.4 Å². The third-order valence-corrected chi connectivity index (χ3v) is 2.65. The lowest BCUT2D eigenvalue weighted by Gasteiger charge is -2.08. The number of hydrogen-bond acceptors (Lipinski definition) is 3. The Balaban J connectivity index is 2.13. The fourth-order valence-corrected chi connectivity index (χ4v) is 1.70. The van der Waals surface area contributed by atoms with Gasteiger partial charge in [0.25, 0.3) is 0 Å². The van der Waals surface area contributed by atoms with E-state index in [0.717, 1.165) is 5.69 Å². The zero-order valence-corrected chi connectivity index (χ0v) is 10.1. The highest BCUT2D eigenvalue weighted by atomic mass is 16.4. The zero-order valence-electron chi connectivity index (χ0n) is 10.1. The summed E-state index contributed by atoms with van der Waals surface area (Å²) in [6.07, 6.45) is 2.28. The van der Waals surface area contributed by atoms with Crippen LogP contribution < -0.4 is 5.32 Å². The number of carbonyl (C=O) groups is 2. The number of aliphatic carboxylic acids is 1. The van der Waals surface area contributed by atoms with E-state index in [1.807, 2.05) is 30.3 Å². The molecule has 0 saturated heterocycles. The molecule has 1 aromatic heterocycles. The van der Waals surface area contributed by atoms with Crippen LogP contribution in [0.3, 0.4) is 0 Å². The molecule has 6 heteroatoms. The molecule has 2 N–H and O–H groups in total. The molecule has 1 atom stereocenters. The number of nitrogens with zero attached hydrogens (tertiary/aromatic N) is 2. The van der Waals surface area contributed by atoms with Crippen LogP contribution in [0.5, 0.6) is 0 Å². The summed E-state index contributed by atoms with van der Waals surface area (Å²) in [6, 6.07) is 10.3. The fourth-order valence-electron chi connectivity index (χ4n) is 1.70. The van der Waals surface area contributed by atoms with Gasteiger partial charge in [0.15, 0.2) is 0 Å². The minimum atomic E-state index is -1.08. The van der Waals surface area contributed by atoms with Crippen LogP contribution in [0.4, 0.5) is 0 Å². The molecule has 0 fully saturated rings. The molecule has 0 saturated carbocycles. The Morgan fingerprint density at radius 3 is 2.74 bits per heavy atom. The van der Waals surface area contributed by atoms with Gasteiger partial charge in [-0.3, -0.25) is 4.79 Å². The SMILES string of the molecule is O=CNC(Cc1ccn(-c2ccccc2)n1)C(=O)O. The van der Waals surface area contributed by atoms with Gasteiger partial charge in [0.2, 0.25) is 6.41 Å². The normalized spacial score (nSPS) is 11.8. The minimum Gasteiger partial charge on any atom is -0.480 e. The maximum atomic E-state index is 10.9. The number of nitrogens with one attached hydrogen (secondary N) is 1. The van der Waals surface area contributed by atoms with E-state index in [2.05, 4.69) is 10.4 Å². The molecule has 1 heterocycles. The first-order valence-corrected chi connectivity index (χ1v) is 5.73. The standard InChI is InChI=1S/C13H13N3O3/c17-9-14-12(13(18)19)8-10-6-7-16(15-10)11-4-2-1-3-5-11/h1-7,9,12H,8H2,(H,14,17)(H,18,19). The van der Waals surface area contributed by atoms with Crippen LogP contribution in [-0.2, 0) is 16.0 Å².